The minimum absolute atomic E-state index is 0.0973. The van der Waals surface area contributed by atoms with Crippen LogP contribution >= 0.6 is 0 Å². The highest BCUT2D eigenvalue weighted by molar-refractivity contribution is 7.90. The second kappa shape index (κ2) is 5.73. The summed E-state index contributed by atoms with van der Waals surface area (Å²) in [4.78, 5) is 16.8. The Morgan fingerprint density at radius 1 is 1.13 bits per heavy atom. The van der Waals surface area contributed by atoms with E-state index >= 15 is 0 Å². The lowest BCUT2D eigenvalue weighted by Crippen LogP contribution is -2.08. The van der Waals surface area contributed by atoms with Crippen LogP contribution in [-0.2, 0) is 9.84 Å². The highest BCUT2D eigenvalue weighted by Gasteiger charge is 2.32. The van der Waals surface area contributed by atoms with Crippen LogP contribution in [0.25, 0.3) is 11.4 Å². The van der Waals surface area contributed by atoms with Crippen LogP contribution in [0.4, 0.5) is 0 Å². The van der Waals surface area contributed by atoms with Crippen molar-refractivity contribution in [2.45, 2.75) is 23.8 Å². The summed E-state index contributed by atoms with van der Waals surface area (Å²) in [5.41, 5.74) is 1.31. The Balaban J connectivity index is 2.23. The van der Waals surface area contributed by atoms with Crippen LogP contribution < -0.4 is 9.47 Å². The summed E-state index contributed by atoms with van der Waals surface area (Å²) < 4.78 is 34.2. The molecule has 122 valence electrons. The van der Waals surface area contributed by atoms with Gasteiger partial charge in [0.05, 0.1) is 26.1 Å². The second-order valence-corrected chi connectivity index (χ2v) is 7.19. The summed E-state index contributed by atoms with van der Waals surface area (Å²) in [5.74, 6) is 0.936. The van der Waals surface area contributed by atoms with Crippen molar-refractivity contribution in [3.05, 3.63) is 18.2 Å². The molecule has 0 bridgehead atoms. The van der Waals surface area contributed by atoms with E-state index in [1.54, 1.807) is 0 Å². The predicted octanol–water partition coefficient (Wildman–Crippen LogP) is 1.23. The van der Waals surface area contributed by atoms with E-state index in [0.717, 1.165) is 24.8 Å². The van der Waals surface area contributed by atoms with Crippen molar-refractivity contribution in [2.24, 2.45) is 0 Å². The molecule has 0 aliphatic heterocycles. The number of hydrogen-bond donors (Lipinski definition) is 0. The molecule has 0 spiro atoms. The Morgan fingerprint density at radius 2 is 1.87 bits per heavy atom. The van der Waals surface area contributed by atoms with Gasteiger partial charge in [-0.3, -0.25) is 0 Å². The van der Waals surface area contributed by atoms with Crippen molar-refractivity contribution in [1.82, 2.24) is 19.9 Å². The summed E-state index contributed by atoms with van der Waals surface area (Å²) in [6, 6.07) is 0. The van der Waals surface area contributed by atoms with Crippen molar-refractivity contribution in [1.29, 1.82) is 0 Å². The first-order valence-corrected chi connectivity index (χ1v) is 8.85. The molecule has 3 rings (SSSR count). The Labute approximate surface area is 133 Å². The van der Waals surface area contributed by atoms with Gasteiger partial charge in [-0.15, -0.1) is 0 Å². The van der Waals surface area contributed by atoms with Crippen LogP contribution in [0, 0.1) is 0 Å². The molecule has 0 unspecified atom stereocenters. The van der Waals surface area contributed by atoms with Crippen molar-refractivity contribution in [3.63, 3.8) is 0 Å². The average Bonchev–Trinajstić information content (AvgIpc) is 3.37. The van der Waals surface area contributed by atoms with Crippen molar-refractivity contribution in [3.8, 4) is 23.0 Å². The first-order valence-electron chi connectivity index (χ1n) is 6.96. The number of ether oxygens (including phenoxy) is 2. The zero-order valence-corrected chi connectivity index (χ0v) is 13.8. The normalized spacial score (nSPS) is 14.6. The van der Waals surface area contributed by atoms with E-state index in [-0.39, 0.29) is 16.6 Å². The number of sulfone groups is 1. The Bertz CT molecular complexity index is 850. The van der Waals surface area contributed by atoms with Gasteiger partial charge in [-0.05, 0) is 12.8 Å². The molecule has 0 N–H and O–H groups in total. The first kappa shape index (κ1) is 15.6. The van der Waals surface area contributed by atoms with Gasteiger partial charge in [-0.1, -0.05) is 0 Å². The predicted molar refractivity (Wildman–Crippen MR) is 81.2 cm³/mol. The van der Waals surface area contributed by atoms with Crippen LogP contribution in [0.15, 0.2) is 17.6 Å². The van der Waals surface area contributed by atoms with E-state index in [0.29, 0.717) is 17.4 Å². The molecule has 2 aromatic rings. The first-order chi connectivity index (χ1) is 11.0. The maximum absolute atomic E-state index is 11.9. The van der Waals surface area contributed by atoms with Crippen LogP contribution in [0.1, 0.15) is 24.5 Å². The summed E-state index contributed by atoms with van der Waals surface area (Å²) in [6.07, 6.45) is 5.87. The molecule has 8 nitrogen and oxygen atoms in total. The highest BCUT2D eigenvalue weighted by Crippen LogP contribution is 2.45. The molecule has 2 heterocycles. The number of aromatic nitrogens is 4. The van der Waals surface area contributed by atoms with Crippen LogP contribution in [0.5, 0.6) is 11.6 Å². The topological polar surface area (TPSA) is 104 Å². The van der Waals surface area contributed by atoms with E-state index < -0.39 is 9.84 Å². The van der Waals surface area contributed by atoms with Crippen molar-refractivity contribution in [2.75, 3.05) is 20.5 Å². The molecule has 0 amide bonds. The average molecular weight is 336 g/mol. The fourth-order valence-corrected chi connectivity index (χ4v) is 3.05. The van der Waals surface area contributed by atoms with Gasteiger partial charge in [-0.2, -0.15) is 0 Å². The molecule has 23 heavy (non-hydrogen) atoms. The monoisotopic (exact) mass is 336 g/mol. The molecule has 2 aromatic heterocycles. The minimum Gasteiger partial charge on any atom is -0.492 e. The zero-order valence-electron chi connectivity index (χ0n) is 13.0. The molecule has 0 aromatic carbocycles. The summed E-state index contributed by atoms with van der Waals surface area (Å²) in [5, 5.41) is -0.169. The summed E-state index contributed by atoms with van der Waals surface area (Å²) in [6.45, 7) is 0. The van der Waals surface area contributed by atoms with Gasteiger partial charge in [0.15, 0.2) is 21.4 Å². The van der Waals surface area contributed by atoms with Gasteiger partial charge in [0.2, 0.25) is 10.9 Å². The lowest BCUT2D eigenvalue weighted by Gasteiger charge is -2.12. The molecule has 0 saturated heterocycles. The molecule has 1 saturated carbocycles. The molecule has 0 radical (unpaired) electrons. The number of rotatable bonds is 5. The Hall–Kier alpha value is -2.29. The van der Waals surface area contributed by atoms with Crippen molar-refractivity contribution < 1.29 is 17.9 Å². The maximum atomic E-state index is 11.9. The van der Waals surface area contributed by atoms with Gasteiger partial charge < -0.3 is 9.47 Å². The lowest BCUT2D eigenvalue weighted by molar-refractivity contribution is 0.393. The Kier molecular flexibility index (Phi) is 3.88. The maximum Gasteiger partial charge on any atom is 0.227 e. The standard InChI is InChI=1S/C14H16N4O4S/c1-21-9-6-15-12(18-14(9)23(3,19)20)10-11(8-4-5-8)16-7-17-13(10)22-2/h6-8H,4-5H2,1-3H3. The fourth-order valence-electron chi connectivity index (χ4n) is 2.29. The van der Waals surface area contributed by atoms with Gasteiger partial charge in [0.1, 0.15) is 11.9 Å². The van der Waals surface area contributed by atoms with E-state index in [1.807, 2.05) is 0 Å². The van der Waals surface area contributed by atoms with Gasteiger partial charge in [0, 0.05) is 12.2 Å². The van der Waals surface area contributed by atoms with E-state index in [1.165, 1.54) is 26.7 Å². The number of hydrogen-bond acceptors (Lipinski definition) is 8. The summed E-state index contributed by atoms with van der Waals surface area (Å²) >= 11 is 0. The van der Waals surface area contributed by atoms with Crippen LogP contribution in [-0.4, -0.2) is 48.8 Å². The molecule has 9 heteroatoms. The number of methoxy groups -OCH3 is 2. The van der Waals surface area contributed by atoms with Gasteiger partial charge >= 0.3 is 0 Å². The molecule has 0 atom stereocenters. The molecule has 1 aliphatic rings. The largest absolute Gasteiger partial charge is 0.492 e. The highest BCUT2D eigenvalue weighted by atomic mass is 32.2. The van der Waals surface area contributed by atoms with E-state index in [2.05, 4.69) is 19.9 Å². The minimum atomic E-state index is -3.57. The third-order valence-electron chi connectivity index (χ3n) is 3.52. The van der Waals surface area contributed by atoms with Gasteiger partial charge in [-0.25, -0.2) is 28.4 Å². The van der Waals surface area contributed by atoms with Gasteiger partial charge in [0.25, 0.3) is 0 Å². The van der Waals surface area contributed by atoms with Crippen LogP contribution in [0.3, 0.4) is 0 Å². The second-order valence-electron chi connectivity index (χ2n) is 5.26. The lowest BCUT2D eigenvalue weighted by atomic mass is 10.1. The van der Waals surface area contributed by atoms with Crippen molar-refractivity contribution >= 4 is 9.84 Å². The zero-order chi connectivity index (χ0) is 16.6. The smallest absolute Gasteiger partial charge is 0.227 e. The fraction of sp³-hybridized carbons (Fsp3) is 0.429. The number of nitrogens with zero attached hydrogens (tertiary/aromatic N) is 4. The van der Waals surface area contributed by atoms with E-state index in [9.17, 15) is 8.42 Å². The third kappa shape index (κ3) is 2.96. The third-order valence-corrected chi connectivity index (χ3v) is 4.51. The summed E-state index contributed by atoms with van der Waals surface area (Å²) in [7, 11) is -0.711. The molecular formula is C14H16N4O4S. The van der Waals surface area contributed by atoms with Crippen LogP contribution in [0.2, 0.25) is 0 Å². The SMILES string of the molecule is COc1cnc(-c2c(OC)ncnc2C2CC2)nc1S(C)(=O)=O. The Morgan fingerprint density at radius 3 is 2.43 bits per heavy atom. The molecule has 1 fully saturated rings. The quantitative estimate of drug-likeness (QED) is 0.751. The molecular weight excluding hydrogens is 320 g/mol. The van der Waals surface area contributed by atoms with E-state index in [4.69, 9.17) is 9.47 Å². The molecule has 1 aliphatic carbocycles.